The van der Waals surface area contributed by atoms with Crippen molar-refractivity contribution in [3.63, 3.8) is 0 Å². The van der Waals surface area contributed by atoms with Crippen LogP contribution < -0.4 is 4.74 Å². The van der Waals surface area contributed by atoms with E-state index in [1.54, 1.807) is 30.3 Å². The fourth-order valence-corrected chi connectivity index (χ4v) is 0.941. The Morgan fingerprint density at radius 3 is 2.40 bits per heavy atom. The van der Waals surface area contributed by atoms with Crippen molar-refractivity contribution in [3.05, 3.63) is 30.3 Å². The van der Waals surface area contributed by atoms with Crippen molar-refractivity contribution in [1.29, 1.82) is 0 Å². The third-order valence-corrected chi connectivity index (χ3v) is 1.52. The molecule has 1 aromatic carbocycles. The van der Waals surface area contributed by atoms with Crippen molar-refractivity contribution in [3.8, 4) is 5.75 Å². The maximum atomic E-state index is 11.1. The Balaban J connectivity index is 2.28. The van der Waals surface area contributed by atoms with Crippen LogP contribution in [0.5, 0.6) is 5.75 Å². The first-order chi connectivity index (χ1) is 7.18. The van der Waals surface area contributed by atoms with Gasteiger partial charge in [0.25, 0.3) is 0 Å². The lowest BCUT2D eigenvalue weighted by Crippen LogP contribution is -2.17. The van der Waals surface area contributed by atoms with Crippen LogP contribution in [0.3, 0.4) is 0 Å². The summed E-state index contributed by atoms with van der Waals surface area (Å²) in [6.45, 7) is -0.598. The van der Waals surface area contributed by atoms with Gasteiger partial charge in [-0.15, -0.1) is 0 Å². The van der Waals surface area contributed by atoms with Gasteiger partial charge in [0.1, 0.15) is 19.0 Å². The molecule has 0 aliphatic carbocycles. The molecule has 0 bridgehead atoms. The summed E-state index contributed by atoms with van der Waals surface area (Å²) < 4.78 is 9.55. The third kappa shape index (κ3) is 5.15. The van der Waals surface area contributed by atoms with Crippen LogP contribution in [0, 0.1) is 0 Å². The standard InChI is InChI=1S/C10H9ClO4/c11-9(12)6-14-7-10(13)15-8-4-2-1-3-5-8/h1-5H,6-7H2. The average molecular weight is 229 g/mol. The number of benzene rings is 1. The Morgan fingerprint density at radius 1 is 1.13 bits per heavy atom. The van der Waals surface area contributed by atoms with Gasteiger partial charge in [0.05, 0.1) is 0 Å². The highest BCUT2D eigenvalue weighted by Crippen LogP contribution is 2.08. The SMILES string of the molecule is O=C(Cl)COCC(=O)Oc1ccccc1. The largest absolute Gasteiger partial charge is 0.425 e. The van der Waals surface area contributed by atoms with Gasteiger partial charge in [-0.3, -0.25) is 4.79 Å². The molecule has 0 atom stereocenters. The predicted molar refractivity (Wildman–Crippen MR) is 53.8 cm³/mol. The summed E-state index contributed by atoms with van der Waals surface area (Å²) in [5, 5.41) is -0.650. The van der Waals surface area contributed by atoms with Crippen LogP contribution >= 0.6 is 11.6 Å². The summed E-state index contributed by atoms with van der Waals surface area (Å²) in [4.78, 5) is 21.4. The van der Waals surface area contributed by atoms with E-state index in [9.17, 15) is 9.59 Å². The maximum absolute atomic E-state index is 11.1. The predicted octanol–water partition coefficient (Wildman–Crippen LogP) is 1.37. The molecule has 1 aromatic rings. The molecular formula is C10H9ClO4. The fourth-order valence-electron chi connectivity index (χ4n) is 0.864. The van der Waals surface area contributed by atoms with E-state index in [4.69, 9.17) is 16.3 Å². The van der Waals surface area contributed by atoms with E-state index in [1.165, 1.54) is 0 Å². The van der Waals surface area contributed by atoms with Gasteiger partial charge >= 0.3 is 5.97 Å². The molecule has 0 unspecified atom stereocenters. The van der Waals surface area contributed by atoms with Crippen molar-refractivity contribution in [2.24, 2.45) is 0 Å². The first-order valence-corrected chi connectivity index (χ1v) is 4.58. The zero-order valence-electron chi connectivity index (χ0n) is 7.81. The van der Waals surface area contributed by atoms with Gasteiger partial charge in [-0.2, -0.15) is 0 Å². The van der Waals surface area contributed by atoms with Crippen LogP contribution in [0.25, 0.3) is 0 Å². The molecule has 4 nitrogen and oxygen atoms in total. The minimum Gasteiger partial charge on any atom is -0.425 e. The quantitative estimate of drug-likeness (QED) is 0.434. The highest BCUT2D eigenvalue weighted by atomic mass is 35.5. The third-order valence-electron chi connectivity index (χ3n) is 1.41. The van der Waals surface area contributed by atoms with E-state index in [0.29, 0.717) is 5.75 Å². The highest BCUT2D eigenvalue weighted by molar-refractivity contribution is 6.63. The van der Waals surface area contributed by atoms with Crippen molar-refractivity contribution < 1.29 is 19.1 Å². The molecule has 0 saturated carbocycles. The number of carbonyl (C=O) groups is 2. The van der Waals surface area contributed by atoms with Crippen LogP contribution in [-0.4, -0.2) is 24.4 Å². The minimum atomic E-state index is -0.650. The number of rotatable bonds is 5. The topological polar surface area (TPSA) is 52.6 Å². The number of ether oxygens (including phenoxy) is 2. The molecule has 0 radical (unpaired) electrons. The second kappa shape index (κ2) is 6.16. The highest BCUT2D eigenvalue weighted by Gasteiger charge is 2.05. The Morgan fingerprint density at radius 2 is 1.80 bits per heavy atom. The van der Waals surface area contributed by atoms with E-state index in [0.717, 1.165) is 0 Å². The van der Waals surface area contributed by atoms with Crippen LogP contribution in [0.4, 0.5) is 0 Å². The minimum absolute atomic E-state index is 0.298. The monoisotopic (exact) mass is 228 g/mol. The lowest BCUT2D eigenvalue weighted by Gasteiger charge is -2.03. The molecule has 0 aliphatic heterocycles. The Kier molecular flexibility index (Phi) is 4.80. The molecule has 15 heavy (non-hydrogen) atoms. The van der Waals surface area contributed by atoms with Crippen LogP contribution in [0.15, 0.2) is 30.3 Å². The van der Waals surface area contributed by atoms with E-state index < -0.39 is 11.2 Å². The van der Waals surface area contributed by atoms with E-state index >= 15 is 0 Å². The van der Waals surface area contributed by atoms with Crippen molar-refractivity contribution in [1.82, 2.24) is 0 Å². The molecule has 1 rings (SSSR count). The van der Waals surface area contributed by atoms with Gasteiger partial charge in [-0.25, -0.2) is 4.79 Å². The van der Waals surface area contributed by atoms with Crippen molar-refractivity contribution in [2.75, 3.05) is 13.2 Å². The summed E-state index contributed by atoms with van der Waals surface area (Å²) in [6.07, 6.45) is 0. The maximum Gasteiger partial charge on any atom is 0.337 e. The van der Waals surface area contributed by atoms with Crippen LogP contribution in [0.1, 0.15) is 0 Å². The fraction of sp³-hybridized carbons (Fsp3) is 0.200. The molecule has 0 amide bonds. The number of halogens is 1. The van der Waals surface area contributed by atoms with Gasteiger partial charge in [0.15, 0.2) is 0 Å². The van der Waals surface area contributed by atoms with Gasteiger partial charge in [0, 0.05) is 0 Å². The van der Waals surface area contributed by atoms with Crippen LogP contribution in [0.2, 0.25) is 0 Å². The number of hydrogen-bond acceptors (Lipinski definition) is 4. The number of carbonyl (C=O) groups excluding carboxylic acids is 2. The number of hydrogen-bond donors (Lipinski definition) is 0. The normalized spacial score (nSPS) is 9.67. The zero-order valence-corrected chi connectivity index (χ0v) is 8.57. The molecule has 0 saturated heterocycles. The zero-order chi connectivity index (χ0) is 11.1. The molecule has 0 spiro atoms. The molecule has 0 fully saturated rings. The Labute approximate surface area is 91.7 Å². The van der Waals surface area contributed by atoms with Gasteiger partial charge < -0.3 is 9.47 Å². The Bertz CT molecular complexity index is 337. The molecule has 0 N–H and O–H groups in total. The lowest BCUT2D eigenvalue weighted by atomic mass is 10.3. The molecule has 80 valence electrons. The van der Waals surface area contributed by atoms with Crippen molar-refractivity contribution >= 4 is 22.8 Å². The molecule has 0 aliphatic rings. The van der Waals surface area contributed by atoms with Crippen LogP contribution in [-0.2, 0) is 14.3 Å². The Hall–Kier alpha value is -1.39. The number of para-hydroxylation sites is 1. The van der Waals surface area contributed by atoms with E-state index in [2.05, 4.69) is 4.74 Å². The van der Waals surface area contributed by atoms with E-state index in [-0.39, 0.29) is 13.2 Å². The first-order valence-electron chi connectivity index (χ1n) is 4.20. The molecular weight excluding hydrogens is 220 g/mol. The molecule has 5 heteroatoms. The van der Waals surface area contributed by atoms with Crippen molar-refractivity contribution in [2.45, 2.75) is 0 Å². The van der Waals surface area contributed by atoms with Gasteiger partial charge in [-0.1, -0.05) is 18.2 Å². The summed E-state index contributed by atoms with van der Waals surface area (Å²) >= 11 is 5.01. The molecule has 0 heterocycles. The second-order valence-corrected chi connectivity index (χ2v) is 3.06. The smallest absolute Gasteiger partial charge is 0.337 e. The van der Waals surface area contributed by atoms with Gasteiger partial charge in [-0.05, 0) is 23.7 Å². The second-order valence-electron chi connectivity index (χ2n) is 2.64. The van der Waals surface area contributed by atoms with E-state index in [1.807, 2.05) is 0 Å². The molecule has 0 aromatic heterocycles. The lowest BCUT2D eigenvalue weighted by molar-refractivity contribution is -0.140. The summed E-state index contributed by atoms with van der Waals surface area (Å²) in [7, 11) is 0. The summed E-state index contributed by atoms with van der Waals surface area (Å²) in [5.74, 6) is -0.137. The average Bonchev–Trinajstić information content (AvgIpc) is 2.18. The van der Waals surface area contributed by atoms with Gasteiger partial charge in [0.2, 0.25) is 5.24 Å². The summed E-state index contributed by atoms with van der Waals surface area (Å²) in [5.41, 5.74) is 0. The first kappa shape index (κ1) is 11.7. The number of esters is 1. The summed E-state index contributed by atoms with van der Waals surface area (Å²) in [6, 6.07) is 8.58.